The number of nitriles is 1. The van der Waals surface area contributed by atoms with E-state index in [1.165, 1.54) is 5.39 Å². The maximum Gasteiger partial charge on any atom is 0.169 e. The number of ether oxygens (including phenoxy) is 1. The van der Waals surface area contributed by atoms with Crippen molar-refractivity contribution < 1.29 is 4.74 Å². The Morgan fingerprint density at radius 2 is 1.57 bits per heavy atom. The van der Waals surface area contributed by atoms with Crippen molar-refractivity contribution in [2.24, 2.45) is 0 Å². The summed E-state index contributed by atoms with van der Waals surface area (Å²) in [6, 6.07) is 26.2. The normalized spacial score (nSPS) is 12.0. The van der Waals surface area contributed by atoms with Gasteiger partial charge in [-0.1, -0.05) is 66.7 Å². The van der Waals surface area contributed by atoms with Crippen molar-refractivity contribution in [3.05, 3.63) is 83.9 Å². The third-order valence-electron chi connectivity index (χ3n) is 3.45. The molecule has 0 aromatic heterocycles. The topological polar surface area (TPSA) is 33.0 Å². The number of benzene rings is 3. The fourth-order valence-electron chi connectivity index (χ4n) is 2.33. The van der Waals surface area contributed by atoms with Crippen LogP contribution in [0.1, 0.15) is 17.2 Å². The predicted octanol–water partition coefficient (Wildman–Crippen LogP) is 4.62. The van der Waals surface area contributed by atoms with Gasteiger partial charge in [0.25, 0.3) is 0 Å². The summed E-state index contributed by atoms with van der Waals surface area (Å²) < 4.78 is 5.75. The number of nitrogens with zero attached hydrogens (tertiary/aromatic N) is 1. The zero-order valence-corrected chi connectivity index (χ0v) is 11.6. The molecule has 2 heteroatoms. The van der Waals surface area contributed by atoms with Gasteiger partial charge in [0.15, 0.2) is 6.10 Å². The number of hydrogen-bond acceptors (Lipinski definition) is 2. The van der Waals surface area contributed by atoms with Crippen molar-refractivity contribution in [3.8, 4) is 6.07 Å². The van der Waals surface area contributed by atoms with Crippen LogP contribution in [0.5, 0.6) is 0 Å². The largest absolute Gasteiger partial charge is 0.354 e. The lowest BCUT2D eigenvalue weighted by molar-refractivity contribution is 0.0768. The first-order valence-corrected chi connectivity index (χ1v) is 6.90. The molecule has 0 N–H and O–H groups in total. The fourth-order valence-corrected chi connectivity index (χ4v) is 2.33. The lowest BCUT2D eigenvalue weighted by Gasteiger charge is -2.12. The lowest BCUT2D eigenvalue weighted by atomic mass is 10.0. The fraction of sp³-hybridized carbons (Fsp3) is 0.105. The number of fused-ring (bicyclic) bond motifs is 1. The minimum Gasteiger partial charge on any atom is -0.354 e. The third kappa shape index (κ3) is 3.10. The summed E-state index contributed by atoms with van der Waals surface area (Å²) in [5.41, 5.74) is 1.96. The summed E-state index contributed by atoms with van der Waals surface area (Å²) in [6.45, 7) is 0.436. The summed E-state index contributed by atoms with van der Waals surface area (Å²) in [5, 5.41) is 11.6. The summed E-state index contributed by atoms with van der Waals surface area (Å²) in [4.78, 5) is 0. The molecule has 3 rings (SSSR count). The summed E-state index contributed by atoms with van der Waals surface area (Å²) >= 11 is 0. The Balaban J connectivity index is 1.80. The zero-order valence-electron chi connectivity index (χ0n) is 11.6. The van der Waals surface area contributed by atoms with Crippen LogP contribution in [0.25, 0.3) is 10.8 Å². The van der Waals surface area contributed by atoms with E-state index in [0.29, 0.717) is 6.61 Å². The Labute approximate surface area is 124 Å². The van der Waals surface area contributed by atoms with Crippen LogP contribution in [0.4, 0.5) is 0 Å². The van der Waals surface area contributed by atoms with Gasteiger partial charge in [-0.15, -0.1) is 0 Å². The zero-order chi connectivity index (χ0) is 14.5. The van der Waals surface area contributed by atoms with E-state index < -0.39 is 6.10 Å². The molecule has 1 unspecified atom stereocenters. The average Bonchev–Trinajstić information content (AvgIpc) is 2.56. The number of rotatable bonds is 4. The monoisotopic (exact) mass is 273 g/mol. The second-order valence-electron chi connectivity index (χ2n) is 4.91. The highest BCUT2D eigenvalue weighted by atomic mass is 16.5. The molecule has 0 aliphatic rings. The molecule has 0 radical (unpaired) electrons. The van der Waals surface area contributed by atoms with Crippen molar-refractivity contribution in [2.75, 3.05) is 0 Å². The van der Waals surface area contributed by atoms with Gasteiger partial charge in [-0.05, 0) is 28.0 Å². The van der Waals surface area contributed by atoms with Crippen LogP contribution in [0, 0.1) is 11.3 Å². The molecule has 2 nitrogen and oxygen atoms in total. The average molecular weight is 273 g/mol. The Hall–Kier alpha value is -2.63. The molecule has 102 valence electrons. The standard InChI is InChI=1S/C19H15NO/c20-13-19(21-14-15-6-2-1-3-7-15)18-11-10-16-8-4-5-9-17(16)12-18/h1-12,19H,14H2. The predicted molar refractivity (Wildman–Crippen MR) is 83.5 cm³/mol. The third-order valence-corrected chi connectivity index (χ3v) is 3.45. The van der Waals surface area contributed by atoms with Crippen LogP contribution in [0.2, 0.25) is 0 Å². The molecule has 0 spiro atoms. The first-order valence-electron chi connectivity index (χ1n) is 6.90. The first-order chi connectivity index (χ1) is 10.4. The quantitative estimate of drug-likeness (QED) is 0.694. The van der Waals surface area contributed by atoms with Crippen LogP contribution in [0.15, 0.2) is 72.8 Å². The Bertz CT molecular complexity index is 774. The van der Waals surface area contributed by atoms with Crippen molar-refractivity contribution >= 4 is 10.8 Å². The van der Waals surface area contributed by atoms with E-state index in [9.17, 15) is 5.26 Å². The van der Waals surface area contributed by atoms with E-state index >= 15 is 0 Å². The molecular formula is C19H15NO. The number of hydrogen-bond donors (Lipinski definition) is 0. The van der Waals surface area contributed by atoms with Gasteiger partial charge in [-0.25, -0.2) is 0 Å². The Kier molecular flexibility index (Phi) is 3.95. The van der Waals surface area contributed by atoms with E-state index in [4.69, 9.17) is 4.74 Å². The maximum atomic E-state index is 9.35. The molecule has 3 aromatic rings. The lowest BCUT2D eigenvalue weighted by Crippen LogP contribution is -2.02. The molecule has 0 saturated heterocycles. The minimum absolute atomic E-state index is 0.436. The summed E-state index contributed by atoms with van der Waals surface area (Å²) in [7, 11) is 0. The molecule has 3 aromatic carbocycles. The molecule has 1 atom stereocenters. The van der Waals surface area contributed by atoms with Crippen LogP contribution < -0.4 is 0 Å². The van der Waals surface area contributed by atoms with Crippen molar-refractivity contribution in [3.63, 3.8) is 0 Å². The van der Waals surface area contributed by atoms with Gasteiger partial charge >= 0.3 is 0 Å². The van der Waals surface area contributed by atoms with E-state index in [-0.39, 0.29) is 0 Å². The van der Waals surface area contributed by atoms with Gasteiger partial charge in [0, 0.05) is 0 Å². The Morgan fingerprint density at radius 1 is 0.857 bits per heavy atom. The minimum atomic E-state index is -0.546. The van der Waals surface area contributed by atoms with Crippen molar-refractivity contribution in [1.82, 2.24) is 0 Å². The SMILES string of the molecule is N#CC(OCc1ccccc1)c1ccc2ccccc2c1. The van der Waals surface area contributed by atoms with Gasteiger partial charge in [-0.3, -0.25) is 0 Å². The van der Waals surface area contributed by atoms with E-state index in [0.717, 1.165) is 16.5 Å². The molecule has 0 aliphatic heterocycles. The Morgan fingerprint density at radius 3 is 2.33 bits per heavy atom. The van der Waals surface area contributed by atoms with Crippen molar-refractivity contribution in [1.29, 1.82) is 5.26 Å². The first kappa shape index (κ1) is 13.4. The molecule has 0 amide bonds. The molecule has 0 saturated carbocycles. The van der Waals surface area contributed by atoms with E-state index in [1.807, 2.05) is 66.7 Å². The van der Waals surface area contributed by atoms with Gasteiger partial charge in [0.2, 0.25) is 0 Å². The van der Waals surface area contributed by atoms with Crippen LogP contribution in [0.3, 0.4) is 0 Å². The highest BCUT2D eigenvalue weighted by Gasteiger charge is 2.11. The highest BCUT2D eigenvalue weighted by molar-refractivity contribution is 5.83. The van der Waals surface area contributed by atoms with Gasteiger partial charge in [0.1, 0.15) is 0 Å². The molecular weight excluding hydrogens is 258 g/mol. The molecule has 21 heavy (non-hydrogen) atoms. The highest BCUT2D eigenvalue weighted by Crippen LogP contribution is 2.23. The van der Waals surface area contributed by atoms with Gasteiger partial charge in [-0.2, -0.15) is 5.26 Å². The second-order valence-corrected chi connectivity index (χ2v) is 4.91. The van der Waals surface area contributed by atoms with Crippen LogP contribution >= 0.6 is 0 Å². The van der Waals surface area contributed by atoms with E-state index in [1.54, 1.807) is 0 Å². The van der Waals surface area contributed by atoms with E-state index in [2.05, 4.69) is 12.1 Å². The second kappa shape index (κ2) is 6.21. The van der Waals surface area contributed by atoms with Gasteiger partial charge in [0.05, 0.1) is 12.7 Å². The smallest absolute Gasteiger partial charge is 0.169 e. The summed E-state index contributed by atoms with van der Waals surface area (Å²) in [6.07, 6.45) is -0.546. The molecule has 0 aliphatic carbocycles. The van der Waals surface area contributed by atoms with Crippen molar-refractivity contribution in [2.45, 2.75) is 12.7 Å². The molecule has 0 fully saturated rings. The molecule has 0 bridgehead atoms. The van der Waals surface area contributed by atoms with Crippen LogP contribution in [-0.2, 0) is 11.3 Å². The summed E-state index contributed by atoms with van der Waals surface area (Å²) in [5.74, 6) is 0. The van der Waals surface area contributed by atoms with Gasteiger partial charge < -0.3 is 4.74 Å². The molecule has 0 heterocycles. The maximum absolute atomic E-state index is 9.35. The van der Waals surface area contributed by atoms with Crippen LogP contribution in [-0.4, -0.2) is 0 Å².